The number of para-hydroxylation sites is 2. The predicted octanol–water partition coefficient (Wildman–Crippen LogP) is 2.35. The minimum Gasteiger partial charge on any atom is -0.493 e. The number of amides is 1. The second kappa shape index (κ2) is 7.49. The van der Waals surface area contributed by atoms with Gasteiger partial charge in [0, 0.05) is 26.8 Å². The first kappa shape index (κ1) is 16.6. The van der Waals surface area contributed by atoms with Crippen molar-refractivity contribution in [3.8, 4) is 11.5 Å². The van der Waals surface area contributed by atoms with Crippen LogP contribution in [0.3, 0.4) is 0 Å². The highest BCUT2D eigenvalue weighted by atomic mass is 16.5. The van der Waals surface area contributed by atoms with Crippen molar-refractivity contribution in [2.45, 2.75) is 19.8 Å². The molecule has 5 nitrogen and oxygen atoms in total. The van der Waals surface area contributed by atoms with E-state index in [0.29, 0.717) is 11.5 Å². The summed E-state index contributed by atoms with van der Waals surface area (Å²) in [5.41, 5.74) is 0.132. The quantitative estimate of drug-likeness (QED) is 0.809. The highest BCUT2D eigenvalue weighted by Crippen LogP contribution is 2.30. The molecule has 122 valence electrons. The maximum Gasteiger partial charge on any atom is 0.260 e. The molecular formula is C17H25NO4. The van der Waals surface area contributed by atoms with Crippen LogP contribution in [0.25, 0.3) is 0 Å². The van der Waals surface area contributed by atoms with Gasteiger partial charge in [-0.3, -0.25) is 4.79 Å². The molecule has 0 aromatic heterocycles. The lowest BCUT2D eigenvalue weighted by molar-refractivity contribution is -0.134. The Morgan fingerprint density at radius 3 is 2.55 bits per heavy atom. The standard InChI is InChI=1S/C17H25NO4/c1-17(8-10-21-11-9-17)13-18(2)16(19)12-22-15-7-5-4-6-14(15)20-3/h4-7H,8-13H2,1-3H3. The van der Waals surface area contributed by atoms with Crippen molar-refractivity contribution in [2.24, 2.45) is 5.41 Å². The Kier molecular flexibility index (Phi) is 5.66. The number of hydrogen-bond donors (Lipinski definition) is 0. The molecule has 0 atom stereocenters. The van der Waals surface area contributed by atoms with Crippen LogP contribution in [0.1, 0.15) is 19.8 Å². The van der Waals surface area contributed by atoms with Crippen LogP contribution < -0.4 is 9.47 Å². The van der Waals surface area contributed by atoms with E-state index < -0.39 is 0 Å². The van der Waals surface area contributed by atoms with Crippen molar-refractivity contribution in [3.05, 3.63) is 24.3 Å². The average Bonchev–Trinajstić information content (AvgIpc) is 2.53. The highest BCUT2D eigenvalue weighted by Gasteiger charge is 2.30. The molecule has 1 heterocycles. The lowest BCUT2D eigenvalue weighted by Gasteiger charge is -2.36. The third-order valence-corrected chi connectivity index (χ3v) is 4.16. The van der Waals surface area contributed by atoms with Gasteiger partial charge in [0.15, 0.2) is 18.1 Å². The van der Waals surface area contributed by atoms with Crippen LogP contribution in [0, 0.1) is 5.41 Å². The van der Waals surface area contributed by atoms with Crippen molar-refractivity contribution in [1.29, 1.82) is 0 Å². The molecule has 0 aliphatic carbocycles. The van der Waals surface area contributed by atoms with Gasteiger partial charge in [-0.05, 0) is 30.4 Å². The molecule has 0 saturated carbocycles. The van der Waals surface area contributed by atoms with E-state index in [1.165, 1.54) is 0 Å². The number of rotatable bonds is 6. The fraction of sp³-hybridized carbons (Fsp3) is 0.588. The first-order valence-electron chi connectivity index (χ1n) is 7.62. The summed E-state index contributed by atoms with van der Waals surface area (Å²) >= 11 is 0. The maximum atomic E-state index is 12.3. The number of likely N-dealkylation sites (N-methyl/N-ethyl adjacent to an activating group) is 1. The SMILES string of the molecule is COc1ccccc1OCC(=O)N(C)CC1(C)CCOCC1. The van der Waals surface area contributed by atoms with Gasteiger partial charge in [0.25, 0.3) is 5.91 Å². The van der Waals surface area contributed by atoms with Gasteiger partial charge >= 0.3 is 0 Å². The van der Waals surface area contributed by atoms with Gasteiger partial charge in [-0.15, -0.1) is 0 Å². The number of hydrogen-bond acceptors (Lipinski definition) is 4. The molecular weight excluding hydrogens is 282 g/mol. The largest absolute Gasteiger partial charge is 0.493 e. The fourth-order valence-corrected chi connectivity index (χ4v) is 2.67. The number of methoxy groups -OCH3 is 1. The van der Waals surface area contributed by atoms with Crippen molar-refractivity contribution in [3.63, 3.8) is 0 Å². The van der Waals surface area contributed by atoms with Crippen LogP contribution in [0.5, 0.6) is 11.5 Å². The number of carbonyl (C=O) groups excluding carboxylic acids is 1. The molecule has 0 spiro atoms. The lowest BCUT2D eigenvalue weighted by Crippen LogP contribution is -2.42. The van der Waals surface area contributed by atoms with Crippen molar-refractivity contribution >= 4 is 5.91 Å². The number of carbonyl (C=O) groups is 1. The second-order valence-corrected chi connectivity index (χ2v) is 6.11. The number of nitrogens with zero attached hydrogens (tertiary/aromatic N) is 1. The number of ether oxygens (including phenoxy) is 3. The Morgan fingerprint density at radius 2 is 1.91 bits per heavy atom. The average molecular weight is 307 g/mol. The topological polar surface area (TPSA) is 48.0 Å². The number of benzene rings is 1. The Balaban J connectivity index is 1.86. The monoisotopic (exact) mass is 307 g/mol. The zero-order valence-electron chi connectivity index (χ0n) is 13.6. The molecule has 1 aromatic rings. The Morgan fingerprint density at radius 1 is 1.27 bits per heavy atom. The van der Waals surface area contributed by atoms with E-state index in [2.05, 4.69) is 6.92 Å². The molecule has 22 heavy (non-hydrogen) atoms. The maximum absolute atomic E-state index is 12.3. The molecule has 1 aliphatic heterocycles. The third kappa shape index (κ3) is 4.37. The minimum atomic E-state index is -0.0291. The van der Waals surface area contributed by atoms with Crippen molar-refractivity contribution in [2.75, 3.05) is 40.5 Å². The van der Waals surface area contributed by atoms with E-state index in [9.17, 15) is 4.79 Å². The lowest BCUT2D eigenvalue weighted by atomic mass is 9.82. The molecule has 0 radical (unpaired) electrons. The molecule has 1 aromatic carbocycles. The molecule has 2 rings (SSSR count). The van der Waals surface area contributed by atoms with Crippen molar-refractivity contribution < 1.29 is 19.0 Å². The first-order chi connectivity index (χ1) is 10.5. The summed E-state index contributed by atoms with van der Waals surface area (Å²) in [6.45, 7) is 4.50. The molecule has 0 unspecified atom stereocenters. The van der Waals surface area contributed by atoms with Gasteiger partial charge in [0.05, 0.1) is 7.11 Å². The predicted molar refractivity (Wildman–Crippen MR) is 84.3 cm³/mol. The first-order valence-corrected chi connectivity index (χ1v) is 7.62. The Bertz CT molecular complexity index is 497. The smallest absolute Gasteiger partial charge is 0.260 e. The van der Waals surface area contributed by atoms with Crippen LogP contribution in [-0.2, 0) is 9.53 Å². The summed E-state index contributed by atoms with van der Waals surface area (Å²) in [5.74, 6) is 1.19. The van der Waals surface area contributed by atoms with E-state index >= 15 is 0 Å². The summed E-state index contributed by atoms with van der Waals surface area (Å²) < 4.78 is 16.2. The van der Waals surface area contributed by atoms with Gasteiger partial charge in [-0.1, -0.05) is 19.1 Å². The van der Waals surface area contributed by atoms with Gasteiger partial charge in [0.1, 0.15) is 0 Å². The van der Waals surface area contributed by atoms with E-state index in [1.54, 1.807) is 18.1 Å². The van der Waals surface area contributed by atoms with Gasteiger partial charge in [-0.25, -0.2) is 0 Å². The molecule has 1 aliphatic rings. The van der Waals surface area contributed by atoms with Crippen LogP contribution in [-0.4, -0.2) is 51.3 Å². The van der Waals surface area contributed by atoms with Gasteiger partial charge in [0.2, 0.25) is 0 Å². The van der Waals surface area contributed by atoms with E-state index in [1.807, 2.05) is 25.2 Å². The van der Waals surface area contributed by atoms with E-state index in [-0.39, 0.29) is 17.9 Å². The summed E-state index contributed by atoms with van der Waals surface area (Å²) in [6, 6.07) is 7.33. The van der Waals surface area contributed by atoms with E-state index in [4.69, 9.17) is 14.2 Å². The summed E-state index contributed by atoms with van der Waals surface area (Å²) in [7, 11) is 3.41. The molecule has 1 fully saturated rings. The minimum absolute atomic E-state index is 0.0173. The molecule has 5 heteroatoms. The summed E-state index contributed by atoms with van der Waals surface area (Å²) in [5, 5.41) is 0. The van der Waals surface area contributed by atoms with E-state index in [0.717, 1.165) is 32.6 Å². The van der Waals surface area contributed by atoms with Crippen LogP contribution >= 0.6 is 0 Å². The van der Waals surface area contributed by atoms with Gasteiger partial charge in [-0.2, -0.15) is 0 Å². The Labute approximate surface area is 132 Å². The third-order valence-electron chi connectivity index (χ3n) is 4.16. The molecule has 1 amide bonds. The molecule has 0 bridgehead atoms. The van der Waals surface area contributed by atoms with Crippen LogP contribution in [0.4, 0.5) is 0 Å². The van der Waals surface area contributed by atoms with Crippen LogP contribution in [0.15, 0.2) is 24.3 Å². The Hall–Kier alpha value is -1.75. The van der Waals surface area contributed by atoms with Gasteiger partial charge < -0.3 is 19.1 Å². The highest BCUT2D eigenvalue weighted by molar-refractivity contribution is 5.77. The molecule has 1 saturated heterocycles. The molecule has 0 N–H and O–H groups in total. The summed E-state index contributed by atoms with van der Waals surface area (Å²) in [6.07, 6.45) is 1.97. The normalized spacial score (nSPS) is 16.9. The van der Waals surface area contributed by atoms with Crippen molar-refractivity contribution in [1.82, 2.24) is 4.90 Å². The zero-order valence-corrected chi connectivity index (χ0v) is 13.6. The fourth-order valence-electron chi connectivity index (χ4n) is 2.67. The van der Waals surface area contributed by atoms with Crippen LogP contribution in [0.2, 0.25) is 0 Å². The summed E-state index contributed by atoms with van der Waals surface area (Å²) in [4.78, 5) is 14.0. The zero-order chi connectivity index (χ0) is 16.0. The second-order valence-electron chi connectivity index (χ2n) is 6.11.